The molecular formula is C21H21N3O2S. The van der Waals surface area contributed by atoms with Gasteiger partial charge in [-0.25, -0.2) is 18.1 Å². The summed E-state index contributed by atoms with van der Waals surface area (Å²) in [6, 6.07) is 18.7. The summed E-state index contributed by atoms with van der Waals surface area (Å²) in [4.78, 5) is 5.01. The normalized spacial score (nSPS) is 12.1. The minimum Gasteiger partial charge on any atom is -0.324 e. The molecule has 138 valence electrons. The number of hydrogen-bond donors (Lipinski definition) is 1. The van der Waals surface area contributed by atoms with Gasteiger partial charge in [0.05, 0.1) is 10.4 Å². The van der Waals surface area contributed by atoms with E-state index < -0.39 is 10.0 Å². The Morgan fingerprint density at radius 3 is 2.48 bits per heavy atom. The smallest absolute Gasteiger partial charge is 0.240 e. The van der Waals surface area contributed by atoms with Gasteiger partial charge in [0.2, 0.25) is 10.0 Å². The van der Waals surface area contributed by atoms with Crippen molar-refractivity contribution in [2.45, 2.75) is 25.3 Å². The van der Waals surface area contributed by atoms with Crippen LogP contribution in [0.5, 0.6) is 0 Å². The number of fused-ring (bicyclic) bond motifs is 3. The summed E-state index contributed by atoms with van der Waals surface area (Å²) in [6.07, 6.45) is 0. The maximum absolute atomic E-state index is 12.5. The number of pyridine rings is 1. The van der Waals surface area contributed by atoms with Crippen molar-refractivity contribution in [2.24, 2.45) is 0 Å². The van der Waals surface area contributed by atoms with Gasteiger partial charge in [-0.2, -0.15) is 0 Å². The second kappa shape index (κ2) is 6.79. The molecule has 0 aliphatic heterocycles. The van der Waals surface area contributed by atoms with E-state index >= 15 is 0 Å². The Bertz CT molecular complexity index is 1230. The summed E-state index contributed by atoms with van der Waals surface area (Å²) in [5.41, 5.74) is 4.09. The topological polar surface area (TPSA) is 64.0 Å². The summed E-state index contributed by atoms with van der Waals surface area (Å²) in [5.74, 6) is 0. The lowest BCUT2D eigenvalue weighted by Gasteiger charge is -2.10. The summed E-state index contributed by atoms with van der Waals surface area (Å²) in [5, 5.41) is 2.27. The lowest BCUT2D eigenvalue weighted by atomic mass is 10.1. The van der Waals surface area contributed by atoms with Gasteiger partial charge in [-0.3, -0.25) is 0 Å². The van der Waals surface area contributed by atoms with E-state index in [1.54, 1.807) is 30.3 Å². The fourth-order valence-corrected chi connectivity index (χ4v) is 4.62. The van der Waals surface area contributed by atoms with Crippen molar-refractivity contribution in [1.82, 2.24) is 14.3 Å². The molecule has 5 nitrogen and oxygen atoms in total. The average molecular weight is 379 g/mol. The monoisotopic (exact) mass is 379 g/mol. The first-order valence-electron chi connectivity index (χ1n) is 8.87. The number of para-hydroxylation sites is 1. The number of nitrogens with one attached hydrogen (secondary N) is 1. The molecule has 2 aromatic heterocycles. The van der Waals surface area contributed by atoms with Crippen LogP contribution in [0, 0.1) is 13.8 Å². The van der Waals surface area contributed by atoms with E-state index in [-0.39, 0.29) is 4.90 Å². The molecule has 2 aromatic carbocycles. The minimum atomic E-state index is -3.52. The van der Waals surface area contributed by atoms with E-state index in [1.165, 1.54) is 5.56 Å². The first kappa shape index (κ1) is 17.7. The Morgan fingerprint density at radius 2 is 1.70 bits per heavy atom. The van der Waals surface area contributed by atoms with Gasteiger partial charge in [0.15, 0.2) is 0 Å². The quantitative estimate of drug-likeness (QED) is 0.574. The van der Waals surface area contributed by atoms with Crippen molar-refractivity contribution in [3.8, 4) is 0 Å². The van der Waals surface area contributed by atoms with Gasteiger partial charge >= 0.3 is 0 Å². The van der Waals surface area contributed by atoms with Crippen molar-refractivity contribution in [1.29, 1.82) is 0 Å². The van der Waals surface area contributed by atoms with Gasteiger partial charge < -0.3 is 4.57 Å². The van der Waals surface area contributed by atoms with Gasteiger partial charge in [-0.1, -0.05) is 36.4 Å². The molecule has 0 radical (unpaired) electrons. The highest BCUT2D eigenvalue weighted by molar-refractivity contribution is 7.89. The highest BCUT2D eigenvalue weighted by Gasteiger charge is 2.16. The molecule has 0 atom stereocenters. The van der Waals surface area contributed by atoms with Crippen LogP contribution in [0.1, 0.15) is 11.3 Å². The van der Waals surface area contributed by atoms with Gasteiger partial charge in [0, 0.05) is 29.6 Å². The Kier molecular flexibility index (Phi) is 4.45. The van der Waals surface area contributed by atoms with Gasteiger partial charge in [0.1, 0.15) is 5.65 Å². The molecule has 0 fully saturated rings. The molecule has 0 saturated heterocycles. The summed E-state index contributed by atoms with van der Waals surface area (Å²) < 4.78 is 29.7. The fourth-order valence-electron chi connectivity index (χ4n) is 3.58. The summed E-state index contributed by atoms with van der Waals surface area (Å²) >= 11 is 0. The Morgan fingerprint density at radius 1 is 1.00 bits per heavy atom. The van der Waals surface area contributed by atoms with Crippen molar-refractivity contribution in [3.05, 3.63) is 71.9 Å². The Labute approximate surface area is 158 Å². The SMILES string of the molecule is Cc1cc(C)c2c3ccccc3n(CCNS(=O)(=O)c3ccccc3)c2n1. The fraction of sp³-hybridized carbons (Fsp3) is 0.190. The molecule has 4 rings (SSSR count). The maximum Gasteiger partial charge on any atom is 0.240 e. The minimum absolute atomic E-state index is 0.275. The predicted molar refractivity (Wildman–Crippen MR) is 108 cm³/mol. The lowest BCUT2D eigenvalue weighted by Crippen LogP contribution is -2.27. The van der Waals surface area contributed by atoms with Crippen LogP contribution in [-0.2, 0) is 16.6 Å². The number of aryl methyl sites for hydroxylation is 2. The molecule has 0 unspecified atom stereocenters. The van der Waals surface area contributed by atoms with E-state index in [4.69, 9.17) is 4.98 Å². The van der Waals surface area contributed by atoms with Gasteiger partial charge in [-0.15, -0.1) is 0 Å². The van der Waals surface area contributed by atoms with Crippen LogP contribution < -0.4 is 4.72 Å². The van der Waals surface area contributed by atoms with Crippen LogP contribution in [0.4, 0.5) is 0 Å². The summed E-state index contributed by atoms with van der Waals surface area (Å²) in [7, 11) is -3.52. The molecule has 0 amide bonds. The molecule has 0 bridgehead atoms. The molecular weight excluding hydrogens is 358 g/mol. The standard InChI is InChI=1S/C21H21N3O2S/c1-15-14-16(2)23-21-20(15)18-10-6-7-11-19(18)24(21)13-12-22-27(25,26)17-8-4-3-5-9-17/h3-11,14,22H,12-13H2,1-2H3. The number of benzene rings is 2. The molecule has 1 N–H and O–H groups in total. The van der Waals surface area contributed by atoms with E-state index in [0.29, 0.717) is 13.1 Å². The lowest BCUT2D eigenvalue weighted by molar-refractivity contribution is 0.575. The van der Waals surface area contributed by atoms with E-state index in [2.05, 4.69) is 34.4 Å². The van der Waals surface area contributed by atoms with Crippen LogP contribution >= 0.6 is 0 Å². The van der Waals surface area contributed by atoms with E-state index in [9.17, 15) is 8.42 Å². The third kappa shape index (κ3) is 3.22. The second-order valence-corrected chi connectivity index (χ2v) is 8.43. The van der Waals surface area contributed by atoms with Crippen LogP contribution in [-0.4, -0.2) is 24.5 Å². The number of sulfonamides is 1. The Hall–Kier alpha value is -2.70. The Balaban J connectivity index is 1.70. The third-order valence-electron chi connectivity index (χ3n) is 4.73. The number of nitrogens with zero attached hydrogens (tertiary/aromatic N) is 2. The van der Waals surface area contributed by atoms with Crippen molar-refractivity contribution < 1.29 is 8.42 Å². The molecule has 4 aromatic rings. The van der Waals surface area contributed by atoms with Gasteiger partial charge in [0.25, 0.3) is 0 Å². The van der Waals surface area contributed by atoms with Crippen LogP contribution in [0.3, 0.4) is 0 Å². The predicted octanol–water partition coefficient (Wildman–Crippen LogP) is 3.78. The molecule has 0 saturated carbocycles. The second-order valence-electron chi connectivity index (χ2n) is 6.66. The van der Waals surface area contributed by atoms with Crippen LogP contribution in [0.25, 0.3) is 21.9 Å². The van der Waals surface area contributed by atoms with Crippen LogP contribution in [0.15, 0.2) is 65.6 Å². The number of rotatable bonds is 5. The van der Waals surface area contributed by atoms with Crippen molar-refractivity contribution in [3.63, 3.8) is 0 Å². The van der Waals surface area contributed by atoms with Crippen molar-refractivity contribution in [2.75, 3.05) is 6.54 Å². The first-order valence-corrected chi connectivity index (χ1v) is 10.4. The third-order valence-corrected chi connectivity index (χ3v) is 6.20. The zero-order valence-electron chi connectivity index (χ0n) is 15.3. The zero-order chi connectivity index (χ0) is 19.0. The van der Waals surface area contributed by atoms with E-state index in [0.717, 1.165) is 27.6 Å². The van der Waals surface area contributed by atoms with E-state index in [1.807, 2.05) is 19.1 Å². The molecule has 27 heavy (non-hydrogen) atoms. The number of hydrogen-bond acceptors (Lipinski definition) is 3. The maximum atomic E-state index is 12.5. The molecule has 2 heterocycles. The van der Waals surface area contributed by atoms with Crippen molar-refractivity contribution >= 4 is 32.0 Å². The molecule has 6 heteroatoms. The zero-order valence-corrected chi connectivity index (χ0v) is 16.1. The average Bonchev–Trinajstić information content (AvgIpc) is 2.96. The highest BCUT2D eigenvalue weighted by atomic mass is 32.2. The molecule has 0 aliphatic rings. The van der Waals surface area contributed by atoms with Gasteiger partial charge in [-0.05, 0) is 43.7 Å². The number of aromatic nitrogens is 2. The van der Waals surface area contributed by atoms with Crippen LogP contribution in [0.2, 0.25) is 0 Å². The highest BCUT2D eigenvalue weighted by Crippen LogP contribution is 2.30. The molecule has 0 aliphatic carbocycles. The first-order chi connectivity index (χ1) is 13.0. The largest absolute Gasteiger partial charge is 0.324 e. The summed E-state index contributed by atoms with van der Waals surface area (Å²) in [6.45, 7) is 4.87. The molecule has 0 spiro atoms.